The molecular formula is C18H14Cl3NO2. The second-order valence-corrected chi connectivity index (χ2v) is 6.48. The van der Waals surface area contributed by atoms with Crippen LogP contribution in [0.2, 0.25) is 15.1 Å². The van der Waals surface area contributed by atoms with Gasteiger partial charge in [-0.1, -0.05) is 46.9 Å². The summed E-state index contributed by atoms with van der Waals surface area (Å²) in [5, 5.41) is 2.36. The third-order valence-electron chi connectivity index (χ3n) is 3.70. The quantitative estimate of drug-likeness (QED) is 0.532. The monoisotopic (exact) mass is 381 g/mol. The van der Waals surface area contributed by atoms with Gasteiger partial charge < -0.3 is 9.30 Å². The standard InChI is InChI=1S/C18H14Cl3NO2/c1-2-24-18(23)17-9-12-13(19)4-3-5-16(12)22(17)10-11-6-7-14(20)15(21)8-11/h3-9H,2,10H2,1H3. The predicted octanol–water partition coefficient (Wildman–Crippen LogP) is 5.83. The number of carbonyl (C=O) groups is 1. The number of carbonyl (C=O) groups excluding carboxylic acids is 1. The van der Waals surface area contributed by atoms with Gasteiger partial charge in [0.1, 0.15) is 5.69 Å². The molecule has 3 rings (SSSR count). The Hall–Kier alpha value is -1.68. The van der Waals surface area contributed by atoms with Gasteiger partial charge in [-0.05, 0) is 42.8 Å². The van der Waals surface area contributed by atoms with Crippen LogP contribution in [0.25, 0.3) is 10.9 Å². The summed E-state index contributed by atoms with van der Waals surface area (Å²) in [7, 11) is 0. The summed E-state index contributed by atoms with van der Waals surface area (Å²) in [6.45, 7) is 2.53. The van der Waals surface area contributed by atoms with Gasteiger partial charge in [0.2, 0.25) is 0 Å². The van der Waals surface area contributed by atoms with E-state index in [9.17, 15) is 4.79 Å². The van der Waals surface area contributed by atoms with E-state index in [-0.39, 0.29) is 5.97 Å². The second kappa shape index (κ2) is 7.06. The first-order valence-corrected chi connectivity index (χ1v) is 8.53. The molecule has 3 aromatic rings. The van der Waals surface area contributed by atoms with E-state index in [2.05, 4.69) is 0 Å². The van der Waals surface area contributed by atoms with Gasteiger partial charge in [0.15, 0.2) is 0 Å². The van der Waals surface area contributed by atoms with Gasteiger partial charge in [-0.15, -0.1) is 0 Å². The Morgan fingerprint density at radius 3 is 2.54 bits per heavy atom. The van der Waals surface area contributed by atoms with Crippen molar-refractivity contribution in [2.24, 2.45) is 0 Å². The Kier molecular flexibility index (Phi) is 5.04. The zero-order chi connectivity index (χ0) is 17.3. The number of benzene rings is 2. The summed E-state index contributed by atoms with van der Waals surface area (Å²) in [6, 6.07) is 12.7. The molecule has 0 aliphatic heterocycles. The fourth-order valence-corrected chi connectivity index (χ4v) is 3.16. The lowest BCUT2D eigenvalue weighted by Gasteiger charge is -2.11. The van der Waals surface area contributed by atoms with E-state index in [4.69, 9.17) is 39.5 Å². The molecule has 1 aromatic heterocycles. The van der Waals surface area contributed by atoms with Crippen molar-refractivity contribution in [3.8, 4) is 0 Å². The highest BCUT2D eigenvalue weighted by Gasteiger charge is 2.18. The first-order chi connectivity index (χ1) is 11.5. The van der Waals surface area contributed by atoms with Gasteiger partial charge in [0, 0.05) is 17.0 Å². The van der Waals surface area contributed by atoms with Gasteiger partial charge in [0.25, 0.3) is 0 Å². The van der Waals surface area contributed by atoms with E-state index >= 15 is 0 Å². The van der Waals surface area contributed by atoms with Gasteiger partial charge in [-0.25, -0.2) is 4.79 Å². The summed E-state index contributed by atoms with van der Waals surface area (Å²) < 4.78 is 7.04. The molecule has 0 saturated carbocycles. The average molecular weight is 383 g/mol. The molecule has 124 valence electrons. The molecule has 0 fully saturated rings. The van der Waals surface area contributed by atoms with Crippen LogP contribution in [0, 0.1) is 0 Å². The molecule has 0 aliphatic rings. The molecule has 24 heavy (non-hydrogen) atoms. The lowest BCUT2D eigenvalue weighted by Crippen LogP contribution is -2.12. The highest BCUT2D eigenvalue weighted by Crippen LogP contribution is 2.29. The number of ether oxygens (including phenoxy) is 1. The van der Waals surface area contributed by atoms with Crippen LogP contribution in [0.3, 0.4) is 0 Å². The zero-order valence-electron chi connectivity index (χ0n) is 12.9. The SMILES string of the molecule is CCOC(=O)c1cc2c(Cl)cccc2n1Cc1ccc(Cl)c(Cl)c1. The number of esters is 1. The zero-order valence-corrected chi connectivity index (χ0v) is 15.1. The predicted molar refractivity (Wildman–Crippen MR) is 98.5 cm³/mol. The fourth-order valence-electron chi connectivity index (χ4n) is 2.61. The van der Waals surface area contributed by atoms with Crippen molar-refractivity contribution in [1.82, 2.24) is 4.57 Å². The molecule has 0 saturated heterocycles. The molecule has 0 radical (unpaired) electrons. The molecule has 0 spiro atoms. The number of aromatic nitrogens is 1. The van der Waals surface area contributed by atoms with E-state index in [0.717, 1.165) is 16.5 Å². The molecule has 0 bridgehead atoms. The molecule has 0 atom stereocenters. The lowest BCUT2D eigenvalue weighted by molar-refractivity contribution is 0.0515. The van der Waals surface area contributed by atoms with Gasteiger partial charge >= 0.3 is 5.97 Å². The smallest absolute Gasteiger partial charge is 0.354 e. The van der Waals surface area contributed by atoms with Crippen LogP contribution in [-0.2, 0) is 11.3 Å². The van der Waals surface area contributed by atoms with Crippen molar-refractivity contribution in [2.75, 3.05) is 6.61 Å². The maximum Gasteiger partial charge on any atom is 0.354 e. The largest absolute Gasteiger partial charge is 0.461 e. The Bertz CT molecular complexity index is 918. The molecule has 0 N–H and O–H groups in total. The number of halogens is 3. The topological polar surface area (TPSA) is 31.2 Å². The molecular weight excluding hydrogens is 369 g/mol. The van der Waals surface area contributed by atoms with E-state index < -0.39 is 0 Å². The molecule has 2 aromatic carbocycles. The van der Waals surface area contributed by atoms with Crippen LogP contribution in [0.1, 0.15) is 23.0 Å². The van der Waals surface area contributed by atoms with Crippen molar-refractivity contribution in [3.05, 3.63) is 68.8 Å². The number of fused-ring (bicyclic) bond motifs is 1. The van der Waals surface area contributed by atoms with Gasteiger partial charge in [-0.3, -0.25) is 0 Å². The Labute approximate surface area is 154 Å². The fraction of sp³-hybridized carbons (Fsp3) is 0.167. The van der Waals surface area contributed by atoms with E-state index in [1.165, 1.54) is 0 Å². The van der Waals surface area contributed by atoms with E-state index in [1.54, 1.807) is 31.2 Å². The van der Waals surface area contributed by atoms with E-state index in [0.29, 0.717) is 33.9 Å². The van der Waals surface area contributed by atoms with Crippen LogP contribution >= 0.6 is 34.8 Å². The van der Waals surface area contributed by atoms with Crippen LogP contribution in [-0.4, -0.2) is 17.1 Å². The lowest BCUT2D eigenvalue weighted by atomic mass is 10.2. The summed E-state index contributed by atoms with van der Waals surface area (Å²) in [6.07, 6.45) is 0. The molecule has 0 aliphatic carbocycles. The van der Waals surface area contributed by atoms with Crippen molar-refractivity contribution in [1.29, 1.82) is 0 Å². The molecule has 3 nitrogen and oxygen atoms in total. The molecule has 0 unspecified atom stereocenters. The minimum atomic E-state index is -0.384. The first-order valence-electron chi connectivity index (χ1n) is 7.40. The normalized spacial score (nSPS) is 11.0. The number of hydrogen-bond donors (Lipinski definition) is 0. The number of rotatable bonds is 4. The van der Waals surface area contributed by atoms with Crippen molar-refractivity contribution in [2.45, 2.75) is 13.5 Å². The maximum atomic E-state index is 12.3. The molecule has 1 heterocycles. The first kappa shape index (κ1) is 17.2. The third-order valence-corrected chi connectivity index (χ3v) is 4.77. The van der Waals surface area contributed by atoms with Gasteiger partial charge in [0.05, 0.1) is 22.2 Å². The van der Waals surface area contributed by atoms with Crippen LogP contribution < -0.4 is 0 Å². The Balaban J connectivity index is 2.13. The summed E-state index contributed by atoms with van der Waals surface area (Å²) in [5.41, 5.74) is 2.23. The minimum Gasteiger partial charge on any atom is -0.461 e. The Morgan fingerprint density at radius 1 is 1.04 bits per heavy atom. The summed E-state index contributed by atoms with van der Waals surface area (Å²) in [4.78, 5) is 12.3. The summed E-state index contributed by atoms with van der Waals surface area (Å²) >= 11 is 18.3. The van der Waals surface area contributed by atoms with Crippen molar-refractivity contribution >= 4 is 51.7 Å². The van der Waals surface area contributed by atoms with Crippen LogP contribution in [0.15, 0.2) is 42.5 Å². The highest BCUT2D eigenvalue weighted by atomic mass is 35.5. The number of nitrogens with zero attached hydrogens (tertiary/aromatic N) is 1. The Morgan fingerprint density at radius 2 is 1.83 bits per heavy atom. The minimum absolute atomic E-state index is 0.306. The third kappa shape index (κ3) is 3.25. The second-order valence-electron chi connectivity index (χ2n) is 5.26. The molecule has 0 amide bonds. The van der Waals surface area contributed by atoms with Crippen molar-refractivity contribution in [3.63, 3.8) is 0 Å². The van der Waals surface area contributed by atoms with Gasteiger partial charge in [-0.2, -0.15) is 0 Å². The number of hydrogen-bond acceptors (Lipinski definition) is 2. The van der Waals surface area contributed by atoms with Crippen LogP contribution in [0.5, 0.6) is 0 Å². The van der Waals surface area contributed by atoms with E-state index in [1.807, 2.05) is 22.8 Å². The molecule has 6 heteroatoms. The van der Waals surface area contributed by atoms with Crippen LogP contribution in [0.4, 0.5) is 0 Å². The highest BCUT2D eigenvalue weighted by molar-refractivity contribution is 6.42. The maximum absolute atomic E-state index is 12.3. The summed E-state index contributed by atoms with van der Waals surface area (Å²) in [5.74, 6) is -0.384. The average Bonchev–Trinajstić information content (AvgIpc) is 2.91. The van der Waals surface area contributed by atoms with Crippen molar-refractivity contribution < 1.29 is 9.53 Å².